The number of benzene rings is 2. The Morgan fingerprint density at radius 2 is 1.68 bits per heavy atom. The predicted octanol–water partition coefficient (Wildman–Crippen LogP) is 1.70. The normalized spacial score (nSPS) is 16.0. The molecule has 31 heavy (non-hydrogen) atoms. The van der Waals surface area contributed by atoms with Crippen LogP contribution in [0.15, 0.2) is 42.5 Å². The van der Waals surface area contributed by atoms with E-state index < -0.39 is 15.9 Å². The van der Waals surface area contributed by atoms with Crippen molar-refractivity contribution in [3.8, 4) is 11.5 Å². The lowest BCUT2D eigenvalue weighted by molar-refractivity contribution is -0.114. The van der Waals surface area contributed by atoms with Crippen molar-refractivity contribution in [2.75, 3.05) is 66.8 Å². The van der Waals surface area contributed by atoms with E-state index in [2.05, 4.69) is 10.2 Å². The molecular weight excluding hydrogens is 422 g/mol. The molecular formula is C21H25N3O6S. The Balaban J connectivity index is 1.45. The van der Waals surface area contributed by atoms with E-state index in [9.17, 15) is 13.2 Å². The number of nitrogens with zero attached hydrogens (tertiary/aromatic N) is 2. The summed E-state index contributed by atoms with van der Waals surface area (Å²) >= 11 is 0. The molecule has 1 N–H and O–H groups in total. The summed E-state index contributed by atoms with van der Waals surface area (Å²) in [6.45, 7) is 3.50. The summed E-state index contributed by atoms with van der Waals surface area (Å²) in [4.78, 5) is 14.8. The number of hydrogen-bond acceptors (Lipinski definition) is 7. The fourth-order valence-corrected chi connectivity index (χ4v) is 4.34. The predicted molar refractivity (Wildman–Crippen MR) is 118 cm³/mol. The SMILES string of the molecule is CS(=O)(=O)N(CC(=O)Nc1ccc(N2CCOCC2)cc1)c1ccc2c(c1)OCCO2. The fraction of sp³-hybridized carbons (Fsp3) is 0.381. The summed E-state index contributed by atoms with van der Waals surface area (Å²) in [5.41, 5.74) is 1.98. The van der Waals surface area contributed by atoms with Crippen LogP contribution >= 0.6 is 0 Å². The first kappa shape index (κ1) is 21.3. The first-order chi connectivity index (χ1) is 14.9. The molecule has 2 aromatic carbocycles. The maximum absolute atomic E-state index is 12.6. The molecule has 9 nitrogen and oxygen atoms in total. The van der Waals surface area contributed by atoms with Crippen LogP contribution in [-0.4, -0.2) is 66.6 Å². The van der Waals surface area contributed by atoms with Gasteiger partial charge < -0.3 is 24.4 Å². The van der Waals surface area contributed by atoms with Crippen molar-refractivity contribution in [3.63, 3.8) is 0 Å². The topological polar surface area (TPSA) is 97.4 Å². The number of sulfonamides is 1. The van der Waals surface area contributed by atoms with Gasteiger partial charge in [-0.25, -0.2) is 8.42 Å². The molecule has 0 unspecified atom stereocenters. The van der Waals surface area contributed by atoms with Gasteiger partial charge in [-0.2, -0.15) is 0 Å². The molecule has 2 aliphatic rings. The molecule has 4 rings (SSSR count). The zero-order chi connectivity index (χ0) is 21.8. The smallest absolute Gasteiger partial charge is 0.245 e. The molecule has 1 fully saturated rings. The van der Waals surface area contributed by atoms with Crippen LogP contribution in [0, 0.1) is 0 Å². The van der Waals surface area contributed by atoms with Crippen molar-refractivity contribution in [1.29, 1.82) is 0 Å². The second-order valence-corrected chi connectivity index (χ2v) is 9.20. The average molecular weight is 448 g/mol. The summed E-state index contributed by atoms with van der Waals surface area (Å²) in [5, 5.41) is 2.76. The van der Waals surface area contributed by atoms with Gasteiger partial charge in [-0.05, 0) is 36.4 Å². The fourth-order valence-electron chi connectivity index (χ4n) is 3.50. The summed E-state index contributed by atoms with van der Waals surface area (Å²) < 4.78 is 42.1. The van der Waals surface area contributed by atoms with Gasteiger partial charge in [-0.1, -0.05) is 0 Å². The Morgan fingerprint density at radius 3 is 2.35 bits per heavy atom. The summed E-state index contributed by atoms with van der Waals surface area (Å²) in [5.74, 6) is 0.559. The van der Waals surface area contributed by atoms with Gasteiger partial charge in [0.15, 0.2) is 11.5 Å². The highest BCUT2D eigenvalue weighted by Gasteiger charge is 2.23. The lowest BCUT2D eigenvalue weighted by Crippen LogP contribution is -2.37. The molecule has 0 bridgehead atoms. The minimum atomic E-state index is -3.70. The highest BCUT2D eigenvalue weighted by Crippen LogP contribution is 2.34. The van der Waals surface area contributed by atoms with Crippen molar-refractivity contribution in [2.45, 2.75) is 0 Å². The second-order valence-electron chi connectivity index (χ2n) is 7.29. The zero-order valence-electron chi connectivity index (χ0n) is 17.2. The van der Waals surface area contributed by atoms with Crippen molar-refractivity contribution >= 4 is 33.0 Å². The molecule has 2 aliphatic heterocycles. The van der Waals surface area contributed by atoms with Crippen LogP contribution in [0.5, 0.6) is 11.5 Å². The molecule has 10 heteroatoms. The van der Waals surface area contributed by atoms with E-state index >= 15 is 0 Å². The lowest BCUT2D eigenvalue weighted by atomic mass is 10.2. The van der Waals surface area contributed by atoms with E-state index in [1.54, 1.807) is 30.3 Å². The largest absolute Gasteiger partial charge is 0.486 e. The Kier molecular flexibility index (Phi) is 6.19. The molecule has 0 spiro atoms. The lowest BCUT2D eigenvalue weighted by Gasteiger charge is -2.29. The van der Waals surface area contributed by atoms with Crippen molar-refractivity contribution < 1.29 is 27.4 Å². The van der Waals surface area contributed by atoms with Gasteiger partial charge in [0.1, 0.15) is 19.8 Å². The molecule has 1 saturated heterocycles. The quantitative estimate of drug-likeness (QED) is 0.720. The first-order valence-electron chi connectivity index (χ1n) is 10.0. The van der Waals surface area contributed by atoms with Gasteiger partial charge >= 0.3 is 0 Å². The number of ether oxygens (including phenoxy) is 3. The Labute approximate surface area is 181 Å². The molecule has 0 radical (unpaired) electrons. The minimum absolute atomic E-state index is 0.338. The van der Waals surface area contributed by atoms with Crippen LogP contribution < -0.4 is 24.0 Å². The maximum Gasteiger partial charge on any atom is 0.245 e. The van der Waals surface area contributed by atoms with Gasteiger partial charge in [0, 0.05) is 30.5 Å². The van der Waals surface area contributed by atoms with E-state index in [4.69, 9.17) is 14.2 Å². The van der Waals surface area contributed by atoms with Gasteiger partial charge in [0.2, 0.25) is 15.9 Å². The molecule has 0 aliphatic carbocycles. The van der Waals surface area contributed by atoms with Crippen molar-refractivity contribution in [1.82, 2.24) is 0 Å². The van der Waals surface area contributed by atoms with Crippen LogP contribution in [0.1, 0.15) is 0 Å². The Bertz CT molecular complexity index is 1040. The number of rotatable bonds is 6. The van der Waals surface area contributed by atoms with E-state index in [0.29, 0.717) is 49.3 Å². The van der Waals surface area contributed by atoms with E-state index in [1.165, 1.54) is 0 Å². The monoisotopic (exact) mass is 447 g/mol. The molecule has 2 heterocycles. The van der Waals surface area contributed by atoms with Gasteiger partial charge in [0.25, 0.3) is 0 Å². The third kappa shape index (κ3) is 5.20. The standard InChI is InChI=1S/C21H25N3O6S/c1-31(26,27)24(18-6-7-19-20(14-18)30-13-12-29-19)15-21(25)22-16-2-4-17(5-3-16)23-8-10-28-11-9-23/h2-7,14H,8-13,15H2,1H3,(H,22,25). The Morgan fingerprint density at radius 1 is 1.00 bits per heavy atom. The van der Waals surface area contributed by atoms with Gasteiger partial charge in [0.05, 0.1) is 25.2 Å². The molecule has 0 saturated carbocycles. The highest BCUT2D eigenvalue weighted by atomic mass is 32.2. The van der Waals surface area contributed by atoms with E-state index in [-0.39, 0.29) is 6.54 Å². The number of morpholine rings is 1. The minimum Gasteiger partial charge on any atom is -0.486 e. The molecule has 166 valence electrons. The number of amides is 1. The van der Waals surface area contributed by atoms with E-state index in [0.717, 1.165) is 29.3 Å². The summed E-state index contributed by atoms with van der Waals surface area (Å²) in [6, 6.07) is 12.3. The molecule has 0 aromatic heterocycles. The number of carbonyl (C=O) groups is 1. The van der Waals surface area contributed by atoms with Crippen LogP contribution in [0.3, 0.4) is 0 Å². The molecule has 1 amide bonds. The molecule has 0 atom stereocenters. The second kappa shape index (κ2) is 9.03. The number of carbonyl (C=O) groups excluding carboxylic acids is 1. The third-order valence-corrected chi connectivity index (χ3v) is 6.17. The zero-order valence-corrected chi connectivity index (χ0v) is 18.1. The van der Waals surface area contributed by atoms with Crippen LogP contribution in [0.4, 0.5) is 17.1 Å². The van der Waals surface area contributed by atoms with Crippen LogP contribution in [-0.2, 0) is 19.6 Å². The average Bonchev–Trinajstić information content (AvgIpc) is 2.77. The number of fused-ring (bicyclic) bond motifs is 1. The number of nitrogens with one attached hydrogen (secondary N) is 1. The van der Waals surface area contributed by atoms with Crippen molar-refractivity contribution in [2.24, 2.45) is 0 Å². The molecule has 2 aromatic rings. The van der Waals surface area contributed by atoms with Gasteiger partial charge in [-0.3, -0.25) is 9.10 Å². The summed E-state index contributed by atoms with van der Waals surface area (Å²) in [7, 11) is -3.70. The van der Waals surface area contributed by atoms with Crippen molar-refractivity contribution in [3.05, 3.63) is 42.5 Å². The highest BCUT2D eigenvalue weighted by molar-refractivity contribution is 7.92. The van der Waals surface area contributed by atoms with Crippen LogP contribution in [0.25, 0.3) is 0 Å². The number of hydrogen-bond donors (Lipinski definition) is 1. The van der Waals surface area contributed by atoms with Crippen LogP contribution in [0.2, 0.25) is 0 Å². The van der Waals surface area contributed by atoms with E-state index in [1.807, 2.05) is 12.1 Å². The van der Waals surface area contributed by atoms with Gasteiger partial charge in [-0.15, -0.1) is 0 Å². The third-order valence-electron chi connectivity index (χ3n) is 5.03. The maximum atomic E-state index is 12.6. The number of anilines is 3. The summed E-state index contributed by atoms with van der Waals surface area (Å²) in [6.07, 6.45) is 1.06. The Hall–Kier alpha value is -2.98. The first-order valence-corrected chi connectivity index (χ1v) is 11.8.